The average molecular weight is 337 g/mol. The number of rotatable bonds is 5. The van der Waals surface area contributed by atoms with E-state index in [0.29, 0.717) is 17.4 Å². The Morgan fingerprint density at radius 1 is 1.25 bits per heavy atom. The Hall–Kier alpha value is -1.82. The van der Waals surface area contributed by atoms with Crippen molar-refractivity contribution in [1.82, 2.24) is 9.97 Å². The zero-order valence-corrected chi connectivity index (χ0v) is 13.3. The molecule has 1 aromatic heterocycles. The number of aromatic nitrogens is 2. The third-order valence-electron chi connectivity index (χ3n) is 2.79. The van der Waals surface area contributed by atoms with Crippen LogP contribution in [0.1, 0.15) is 12.5 Å². The first-order valence-electron chi connectivity index (χ1n) is 6.31. The van der Waals surface area contributed by atoms with Gasteiger partial charge in [0.15, 0.2) is 11.6 Å². The van der Waals surface area contributed by atoms with Crippen LogP contribution in [0.4, 0.5) is 17.3 Å². The van der Waals surface area contributed by atoms with Gasteiger partial charge in [-0.25, -0.2) is 9.97 Å². The first-order valence-corrected chi connectivity index (χ1v) is 7.11. The van der Waals surface area contributed by atoms with E-state index in [1.54, 1.807) is 7.11 Å². The molecule has 2 rings (SSSR count). The van der Waals surface area contributed by atoms with Gasteiger partial charge in [-0.3, -0.25) is 0 Å². The van der Waals surface area contributed by atoms with Crippen molar-refractivity contribution < 1.29 is 4.74 Å². The second-order valence-corrected chi connectivity index (χ2v) is 5.08. The summed E-state index contributed by atoms with van der Waals surface area (Å²) in [6.45, 7) is 4.82. The van der Waals surface area contributed by atoms with Gasteiger partial charge >= 0.3 is 0 Å². The molecule has 106 valence electrons. The molecular weight excluding hydrogens is 320 g/mol. The van der Waals surface area contributed by atoms with Crippen LogP contribution >= 0.6 is 15.9 Å². The molecule has 0 aliphatic rings. The molecule has 5 nitrogen and oxygen atoms in total. The van der Waals surface area contributed by atoms with Gasteiger partial charge in [0.25, 0.3) is 0 Å². The molecule has 0 unspecified atom stereocenters. The van der Waals surface area contributed by atoms with E-state index in [9.17, 15) is 0 Å². The van der Waals surface area contributed by atoms with Crippen LogP contribution in [0, 0.1) is 6.92 Å². The maximum Gasteiger partial charge on any atom is 0.204 e. The highest BCUT2D eigenvalue weighted by Gasteiger charge is 2.11. The first kappa shape index (κ1) is 14.6. The Kier molecular flexibility index (Phi) is 4.79. The third-order valence-corrected chi connectivity index (χ3v) is 3.64. The number of nitrogens with one attached hydrogen (secondary N) is 2. The zero-order chi connectivity index (χ0) is 14.5. The zero-order valence-electron chi connectivity index (χ0n) is 11.7. The Bertz CT molecular complexity index is 604. The van der Waals surface area contributed by atoms with Crippen molar-refractivity contribution in [3.05, 3.63) is 34.6 Å². The minimum Gasteiger partial charge on any atom is -0.490 e. The number of anilines is 3. The number of hydrogen-bond donors (Lipinski definition) is 2. The molecule has 0 saturated carbocycles. The third kappa shape index (κ3) is 3.19. The van der Waals surface area contributed by atoms with Crippen molar-refractivity contribution in [1.29, 1.82) is 0 Å². The van der Waals surface area contributed by atoms with E-state index in [2.05, 4.69) is 36.5 Å². The number of hydrogen-bond acceptors (Lipinski definition) is 5. The standard InChI is InChI=1S/C14H17BrN4O/c1-4-16-13-12(20-3)14(18-8-17-13)19-10-6-5-9(2)11(15)7-10/h5-8H,4H2,1-3H3,(H2,16,17,18,19). The van der Waals surface area contributed by atoms with Gasteiger partial charge in [0, 0.05) is 16.7 Å². The molecule has 6 heteroatoms. The van der Waals surface area contributed by atoms with Crippen LogP contribution in [0.15, 0.2) is 29.0 Å². The summed E-state index contributed by atoms with van der Waals surface area (Å²) in [5.41, 5.74) is 2.11. The van der Waals surface area contributed by atoms with Gasteiger partial charge in [-0.15, -0.1) is 0 Å². The van der Waals surface area contributed by atoms with Crippen molar-refractivity contribution in [2.75, 3.05) is 24.3 Å². The van der Waals surface area contributed by atoms with Gasteiger partial charge in [-0.1, -0.05) is 22.0 Å². The monoisotopic (exact) mass is 336 g/mol. The summed E-state index contributed by atoms with van der Waals surface area (Å²) in [5.74, 6) is 1.92. The van der Waals surface area contributed by atoms with E-state index in [0.717, 1.165) is 16.7 Å². The van der Waals surface area contributed by atoms with Gasteiger partial charge in [0.05, 0.1) is 7.11 Å². The van der Waals surface area contributed by atoms with Crippen molar-refractivity contribution in [2.24, 2.45) is 0 Å². The van der Waals surface area contributed by atoms with Crippen molar-refractivity contribution in [2.45, 2.75) is 13.8 Å². The van der Waals surface area contributed by atoms with E-state index in [1.807, 2.05) is 32.0 Å². The molecular formula is C14H17BrN4O. The molecule has 2 aromatic rings. The molecule has 0 aliphatic heterocycles. The van der Waals surface area contributed by atoms with Gasteiger partial charge in [-0.2, -0.15) is 0 Å². The van der Waals surface area contributed by atoms with Gasteiger partial charge in [0.2, 0.25) is 5.75 Å². The Morgan fingerprint density at radius 2 is 2.00 bits per heavy atom. The molecule has 0 aliphatic carbocycles. The number of ether oxygens (including phenoxy) is 1. The SMILES string of the molecule is CCNc1ncnc(Nc2ccc(C)c(Br)c2)c1OC. The molecule has 0 atom stereocenters. The largest absolute Gasteiger partial charge is 0.490 e. The minimum absolute atomic E-state index is 0.603. The second-order valence-electron chi connectivity index (χ2n) is 4.22. The first-order chi connectivity index (χ1) is 9.65. The number of methoxy groups -OCH3 is 1. The lowest BCUT2D eigenvalue weighted by Gasteiger charge is -2.14. The minimum atomic E-state index is 0.603. The highest BCUT2D eigenvalue weighted by Crippen LogP contribution is 2.32. The topological polar surface area (TPSA) is 59.1 Å². The fourth-order valence-electron chi connectivity index (χ4n) is 1.76. The summed E-state index contributed by atoms with van der Waals surface area (Å²) in [6, 6.07) is 6.03. The van der Waals surface area contributed by atoms with Crippen LogP contribution in [-0.2, 0) is 0 Å². The highest BCUT2D eigenvalue weighted by atomic mass is 79.9. The Morgan fingerprint density at radius 3 is 2.65 bits per heavy atom. The Balaban J connectivity index is 2.32. The molecule has 0 saturated heterocycles. The van der Waals surface area contributed by atoms with Crippen LogP contribution in [0.5, 0.6) is 5.75 Å². The molecule has 2 N–H and O–H groups in total. The summed E-state index contributed by atoms with van der Waals surface area (Å²) in [6.07, 6.45) is 1.51. The van der Waals surface area contributed by atoms with Crippen LogP contribution in [0.25, 0.3) is 0 Å². The maximum atomic E-state index is 5.39. The van der Waals surface area contributed by atoms with Crippen LogP contribution in [0.2, 0.25) is 0 Å². The molecule has 1 aromatic carbocycles. The van der Waals surface area contributed by atoms with E-state index < -0.39 is 0 Å². The van der Waals surface area contributed by atoms with Gasteiger partial charge in [0.1, 0.15) is 6.33 Å². The quantitative estimate of drug-likeness (QED) is 0.871. The molecule has 0 bridgehead atoms. The fraction of sp³-hybridized carbons (Fsp3) is 0.286. The maximum absolute atomic E-state index is 5.39. The van der Waals surface area contributed by atoms with Crippen molar-refractivity contribution in [3.8, 4) is 5.75 Å². The van der Waals surface area contributed by atoms with Crippen LogP contribution < -0.4 is 15.4 Å². The number of halogens is 1. The molecule has 0 amide bonds. The molecule has 1 heterocycles. The summed E-state index contributed by atoms with van der Waals surface area (Å²) in [5, 5.41) is 6.39. The number of aryl methyl sites for hydroxylation is 1. The second kappa shape index (κ2) is 6.56. The lowest BCUT2D eigenvalue weighted by Crippen LogP contribution is -2.05. The van der Waals surface area contributed by atoms with E-state index in [4.69, 9.17) is 4.74 Å². The van der Waals surface area contributed by atoms with E-state index in [-0.39, 0.29) is 0 Å². The average Bonchev–Trinajstić information content (AvgIpc) is 2.44. The van der Waals surface area contributed by atoms with Gasteiger partial charge < -0.3 is 15.4 Å². The smallest absolute Gasteiger partial charge is 0.204 e. The summed E-state index contributed by atoms with van der Waals surface area (Å²) < 4.78 is 6.44. The predicted molar refractivity (Wildman–Crippen MR) is 84.9 cm³/mol. The van der Waals surface area contributed by atoms with E-state index in [1.165, 1.54) is 11.9 Å². The van der Waals surface area contributed by atoms with Crippen LogP contribution in [-0.4, -0.2) is 23.6 Å². The highest BCUT2D eigenvalue weighted by molar-refractivity contribution is 9.10. The molecule has 20 heavy (non-hydrogen) atoms. The summed E-state index contributed by atoms with van der Waals surface area (Å²) in [4.78, 5) is 8.41. The number of benzene rings is 1. The van der Waals surface area contributed by atoms with Gasteiger partial charge in [-0.05, 0) is 31.5 Å². The summed E-state index contributed by atoms with van der Waals surface area (Å²) >= 11 is 3.52. The van der Waals surface area contributed by atoms with E-state index >= 15 is 0 Å². The summed E-state index contributed by atoms with van der Waals surface area (Å²) in [7, 11) is 1.61. The molecule has 0 radical (unpaired) electrons. The van der Waals surface area contributed by atoms with Crippen LogP contribution in [0.3, 0.4) is 0 Å². The predicted octanol–water partition coefficient (Wildman–Crippen LogP) is 3.73. The van der Waals surface area contributed by atoms with Crippen molar-refractivity contribution >= 4 is 33.3 Å². The lowest BCUT2D eigenvalue weighted by molar-refractivity contribution is 0.415. The lowest BCUT2D eigenvalue weighted by atomic mass is 10.2. The normalized spacial score (nSPS) is 10.2. The number of nitrogens with zero attached hydrogens (tertiary/aromatic N) is 2. The fourth-order valence-corrected chi connectivity index (χ4v) is 2.14. The van der Waals surface area contributed by atoms with Crippen molar-refractivity contribution in [3.63, 3.8) is 0 Å². The molecule has 0 spiro atoms. The Labute approximate surface area is 126 Å². The molecule has 0 fully saturated rings.